The quantitative estimate of drug-likeness (QED) is 0.376. The van der Waals surface area contributed by atoms with Crippen LogP contribution in [0.4, 0.5) is 4.39 Å². The van der Waals surface area contributed by atoms with Crippen molar-refractivity contribution >= 4 is 64.5 Å². The number of hydrogen-bond acceptors (Lipinski definition) is 5. The van der Waals surface area contributed by atoms with Crippen LogP contribution in [0.3, 0.4) is 0 Å². The molecule has 0 spiro atoms. The number of halogens is 2. The Morgan fingerprint density at radius 1 is 1.11 bits per heavy atom. The summed E-state index contributed by atoms with van der Waals surface area (Å²) >= 11 is 7.25. The Morgan fingerprint density at radius 2 is 1.94 bits per heavy atom. The van der Waals surface area contributed by atoms with Gasteiger partial charge in [-0.1, -0.05) is 48.0 Å². The number of carbonyl (C=O) groups excluding carboxylic acids is 1. The van der Waals surface area contributed by atoms with Gasteiger partial charge in [0.15, 0.2) is 0 Å². The third-order valence-electron chi connectivity index (χ3n) is 5.84. The molecule has 1 aliphatic rings. The normalized spacial score (nSPS) is 15.1. The molecule has 5 rings (SSSR count). The number of aliphatic carboxylic acids is 1. The van der Waals surface area contributed by atoms with Crippen molar-refractivity contribution in [3.05, 3.63) is 105 Å². The minimum Gasteiger partial charge on any atom is -0.549 e. The number of pyridine rings is 2. The van der Waals surface area contributed by atoms with Gasteiger partial charge in [0, 0.05) is 16.8 Å². The predicted molar refractivity (Wildman–Crippen MR) is 139 cm³/mol. The first kappa shape index (κ1) is 26.6. The Bertz CT molecular complexity index is 1530. The molecular weight excluding hydrogens is 506 g/mol. The van der Waals surface area contributed by atoms with Crippen LogP contribution in [-0.4, -0.2) is 21.2 Å². The van der Waals surface area contributed by atoms with Crippen molar-refractivity contribution in [3.63, 3.8) is 0 Å². The number of aromatic nitrogens is 2. The van der Waals surface area contributed by atoms with Crippen molar-refractivity contribution in [1.82, 2.24) is 9.97 Å². The average Bonchev–Trinajstić information content (AvgIpc) is 3.00. The molecule has 8 heteroatoms. The van der Waals surface area contributed by atoms with E-state index in [0.717, 1.165) is 27.9 Å². The maximum Gasteiger partial charge on any atom is 1.00 e. The molecule has 2 heterocycles. The van der Waals surface area contributed by atoms with E-state index in [0.29, 0.717) is 16.6 Å². The first-order valence-electron chi connectivity index (χ1n) is 11.0. The Balaban J connectivity index is 0.00000304. The molecule has 0 saturated carbocycles. The van der Waals surface area contributed by atoms with Crippen LogP contribution in [0.15, 0.2) is 60.8 Å². The van der Waals surface area contributed by atoms with Gasteiger partial charge in [-0.2, -0.15) is 0 Å². The molecule has 4 aromatic rings. The summed E-state index contributed by atoms with van der Waals surface area (Å²) in [5, 5.41) is 11.3. The number of benzene rings is 2. The summed E-state index contributed by atoms with van der Waals surface area (Å²) < 4.78 is 13.7. The monoisotopic (exact) mass is 524 g/mol. The van der Waals surface area contributed by atoms with Gasteiger partial charge in [0.1, 0.15) is 5.82 Å². The first-order valence-corrected chi connectivity index (χ1v) is 12.3. The summed E-state index contributed by atoms with van der Waals surface area (Å²) in [6.07, 6.45) is 9.53. The van der Waals surface area contributed by atoms with Gasteiger partial charge < -0.3 is 9.90 Å². The summed E-state index contributed by atoms with van der Waals surface area (Å²) in [7, 11) is 0. The van der Waals surface area contributed by atoms with E-state index in [1.54, 1.807) is 19.2 Å². The van der Waals surface area contributed by atoms with Crippen molar-refractivity contribution in [2.75, 3.05) is 0 Å². The molecule has 2 aromatic heterocycles. The van der Waals surface area contributed by atoms with E-state index in [9.17, 15) is 14.3 Å². The zero-order valence-corrected chi connectivity index (χ0v) is 23.2. The van der Waals surface area contributed by atoms with E-state index in [1.807, 2.05) is 54.6 Å². The second-order valence-corrected chi connectivity index (χ2v) is 10.1. The van der Waals surface area contributed by atoms with Gasteiger partial charge in [-0.15, -0.1) is 11.8 Å². The van der Waals surface area contributed by atoms with Crippen LogP contribution in [0, 0.1) is 5.82 Å². The van der Waals surface area contributed by atoms with Gasteiger partial charge in [-0.25, -0.2) is 9.37 Å². The summed E-state index contributed by atoms with van der Waals surface area (Å²) in [6.45, 7) is 1.64. The SMILES string of the molecule is CC(SC1c2cc(/C=C/c3ccc4cc(F)c(Cl)cc4n3)ccc2C=Cc2ncccc21)C(=O)[O-].[Na+]. The Kier molecular flexibility index (Phi) is 8.33. The smallest absolute Gasteiger partial charge is 0.549 e. The molecule has 2 atom stereocenters. The average molecular weight is 525 g/mol. The first-order chi connectivity index (χ1) is 16.9. The number of nitrogens with zero attached hydrogens (tertiary/aromatic N) is 2. The molecule has 0 fully saturated rings. The molecule has 2 unspecified atom stereocenters. The van der Waals surface area contributed by atoms with Gasteiger partial charge in [0.2, 0.25) is 0 Å². The fraction of sp³-hybridized carbons (Fsp3) is 0.107. The Labute approximate surface area is 239 Å². The van der Waals surface area contributed by atoms with Crippen molar-refractivity contribution in [3.8, 4) is 0 Å². The van der Waals surface area contributed by atoms with Gasteiger partial charge in [-0.3, -0.25) is 4.98 Å². The molecule has 4 nitrogen and oxygen atoms in total. The summed E-state index contributed by atoms with van der Waals surface area (Å²) in [4.78, 5) is 20.6. The topological polar surface area (TPSA) is 65.9 Å². The van der Waals surface area contributed by atoms with Crippen LogP contribution in [0.2, 0.25) is 5.02 Å². The van der Waals surface area contributed by atoms with Gasteiger partial charge in [0.25, 0.3) is 0 Å². The van der Waals surface area contributed by atoms with E-state index in [2.05, 4.69) is 16.0 Å². The van der Waals surface area contributed by atoms with Crippen LogP contribution in [0.1, 0.15) is 45.8 Å². The second kappa shape index (κ2) is 11.3. The number of thioether (sulfide) groups is 1. The molecule has 174 valence electrons. The number of hydrogen-bond donors (Lipinski definition) is 0. The molecule has 0 amide bonds. The molecular formula is C28H19ClFN2NaO2S. The van der Waals surface area contributed by atoms with Gasteiger partial charge in [-0.05, 0) is 71.7 Å². The van der Waals surface area contributed by atoms with E-state index in [4.69, 9.17) is 11.6 Å². The number of carboxylic acid groups (broad SMARTS) is 1. The van der Waals surface area contributed by atoms with Crippen LogP contribution in [-0.2, 0) is 4.79 Å². The van der Waals surface area contributed by atoms with E-state index in [1.165, 1.54) is 23.9 Å². The minimum absolute atomic E-state index is 0. The van der Waals surface area contributed by atoms with Crippen LogP contribution in [0.25, 0.3) is 35.2 Å². The summed E-state index contributed by atoms with van der Waals surface area (Å²) in [5.74, 6) is -1.57. The zero-order valence-electron chi connectivity index (χ0n) is 19.6. The van der Waals surface area contributed by atoms with Crippen LogP contribution >= 0.6 is 23.4 Å². The molecule has 0 N–H and O–H groups in total. The van der Waals surface area contributed by atoms with Crippen molar-refractivity contribution in [2.24, 2.45) is 0 Å². The van der Waals surface area contributed by atoms with Crippen LogP contribution in [0.5, 0.6) is 0 Å². The predicted octanol–water partition coefficient (Wildman–Crippen LogP) is 3.04. The molecule has 0 saturated heterocycles. The number of rotatable bonds is 5. The van der Waals surface area contributed by atoms with E-state index >= 15 is 0 Å². The van der Waals surface area contributed by atoms with Gasteiger partial charge in [0.05, 0.1) is 33.1 Å². The number of carbonyl (C=O) groups is 1. The molecule has 0 bridgehead atoms. The maximum atomic E-state index is 13.7. The fourth-order valence-electron chi connectivity index (χ4n) is 4.02. The fourth-order valence-corrected chi connectivity index (χ4v) is 5.39. The third-order valence-corrected chi connectivity index (χ3v) is 7.51. The summed E-state index contributed by atoms with van der Waals surface area (Å²) in [6, 6.07) is 16.4. The van der Waals surface area contributed by atoms with Gasteiger partial charge >= 0.3 is 29.6 Å². The van der Waals surface area contributed by atoms with Crippen LogP contribution < -0.4 is 34.7 Å². The van der Waals surface area contributed by atoms with E-state index < -0.39 is 17.0 Å². The molecule has 2 aromatic carbocycles. The minimum atomic E-state index is -1.10. The molecule has 0 radical (unpaired) electrons. The summed E-state index contributed by atoms with van der Waals surface area (Å²) in [5.41, 5.74) is 6.05. The molecule has 36 heavy (non-hydrogen) atoms. The Hall–Kier alpha value is -2.48. The third kappa shape index (κ3) is 5.58. The molecule has 1 aliphatic carbocycles. The number of fused-ring (bicyclic) bond motifs is 3. The van der Waals surface area contributed by atoms with Crippen molar-refractivity contribution in [2.45, 2.75) is 17.4 Å². The largest absolute Gasteiger partial charge is 1.00 e. The maximum absolute atomic E-state index is 13.7. The second-order valence-electron chi connectivity index (χ2n) is 8.21. The van der Waals surface area contributed by atoms with Crippen molar-refractivity contribution < 1.29 is 43.8 Å². The Morgan fingerprint density at radius 3 is 2.75 bits per heavy atom. The zero-order chi connectivity index (χ0) is 24.5. The van der Waals surface area contributed by atoms with E-state index in [-0.39, 0.29) is 39.8 Å². The standard InChI is InChI=1S/C28H20ClFN2O2S.Na/c1-16(28(33)34)35-27-21-3-2-12-31-25(21)11-8-18-6-4-17(13-22(18)27)5-9-20-10-7-19-14-24(30)23(29)15-26(19)32-20;/h2-16,27H,1H3,(H,33,34);/q;+1/p-1/b9-5+;. The van der Waals surface area contributed by atoms with Crippen molar-refractivity contribution in [1.29, 1.82) is 0 Å². The number of carboxylic acids is 1. The molecule has 0 aliphatic heterocycles.